The smallest absolute Gasteiger partial charge is 0.196 e. The number of anilines is 2. The van der Waals surface area contributed by atoms with Crippen LogP contribution in [0.1, 0.15) is 31.8 Å². The Morgan fingerprint density at radius 2 is 1.35 bits per heavy atom. The molecule has 6 heteroatoms. The molecule has 2 aromatic carbocycles. The van der Waals surface area contributed by atoms with Crippen molar-refractivity contribution >= 4 is 22.9 Å². The zero-order chi connectivity index (χ0) is 18.7. The number of rotatable bonds is 7. The second kappa shape index (κ2) is 7.68. The molecule has 3 rings (SSSR count). The lowest BCUT2D eigenvalue weighted by Crippen LogP contribution is -2.26. The summed E-state index contributed by atoms with van der Waals surface area (Å²) in [6, 6.07) is 10.7. The quantitative estimate of drug-likeness (QED) is 0.601. The summed E-state index contributed by atoms with van der Waals surface area (Å²) in [5.74, 6) is -0.259. The summed E-state index contributed by atoms with van der Waals surface area (Å²) in [4.78, 5) is 28.3. The maximum Gasteiger partial charge on any atom is 0.196 e. The monoisotopic (exact) mass is 352 g/mol. The fourth-order valence-corrected chi connectivity index (χ4v) is 3.16. The molecular weight excluding hydrogens is 328 g/mol. The number of nitrogens with two attached hydrogens (primary N) is 1. The highest BCUT2D eigenvalue weighted by atomic mass is 16.1. The average Bonchev–Trinajstić information content (AvgIpc) is 2.63. The van der Waals surface area contributed by atoms with Crippen molar-refractivity contribution in [3.63, 3.8) is 0 Å². The predicted molar refractivity (Wildman–Crippen MR) is 104 cm³/mol. The van der Waals surface area contributed by atoms with Crippen molar-refractivity contribution in [1.82, 2.24) is 4.90 Å². The van der Waals surface area contributed by atoms with Gasteiger partial charge < -0.3 is 21.3 Å². The van der Waals surface area contributed by atoms with E-state index in [9.17, 15) is 9.59 Å². The fourth-order valence-electron chi connectivity index (χ4n) is 3.16. The van der Waals surface area contributed by atoms with Gasteiger partial charge in [0.05, 0.1) is 11.1 Å². The largest absolute Gasteiger partial charge is 0.383 e. The molecule has 0 amide bonds. The van der Waals surface area contributed by atoms with Gasteiger partial charge >= 0.3 is 0 Å². The SMILES string of the molecule is CN(C)CCNc1cccc2c1C(=O)c1cccc(NCCN)c1C2=O. The van der Waals surface area contributed by atoms with Gasteiger partial charge in [-0.1, -0.05) is 24.3 Å². The number of carbonyl (C=O) groups is 2. The highest BCUT2D eigenvalue weighted by Crippen LogP contribution is 2.35. The molecule has 136 valence electrons. The van der Waals surface area contributed by atoms with E-state index in [2.05, 4.69) is 15.5 Å². The molecule has 1 aliphatic carbocycles. The van der Waals surface area contributed by atoms with E-state index in [0.29, 0.717) is 53.3 Å². The molecule has 0 saturated heterocycles. The lowest BCUT2D eigenvalue weighted by molar-refractivity contribution is 0.0980. The van der Waals surface area contributed by atoms with E-state index in [0.717, 1.165) is 6.54 Å². The summed E-state index contributed by atoms with van der Waals surface area (Å²) in [5.41, 5.74) is 8.68. The second-order valence-corrected chi connectivity index (χ2v) is 6.56. The van der Waals surface area contributed by atoms with Crippen molar-refractivity contribution in [3.8, 4) is 0 Å². The van der Waals surface area contributed by atoms with Gasteiger partial charge in [0.15, 0.2) is 11.6 Å². The zero-order valence-corrected chi connectivity index (χ0v) is 15.1. The van der Waals surface area contributed by atoms with E-state index >= 15 is 0 Å². The van der Waals surface area contributed by atoms with Gasteiger partial charge in [-0.2, -0.15) is 0 Å². The third-order valence-electron chi connectivity index (χ3n) is 4.41. The van der Waals surface area contributed by atoms with Gasteiger partial charge in [-0.25, -0.2) is 0 Å². The van der Waals surface area contributed by atoms with E-state index in [1.807, 2.05) is 32.3 Å². The second-order valence-electron chi connectivity index (χ2n) is 6.56. The van der Waals surface area contributed by atoms with Crippen LogP contribution in [0.3, 0.4) is 0 Å². The first-order valence-corrected chi connectivity index (χ1v) is 8.72. The molecule has 2 aromatic rings. The van der Waals surface area contributed by atoms with Crippen molar-refractivity contribution in [3.05, 3.63) is 58.7 Å². The molecule has 0 aromatic heterocycles. The van der Waals surface area contributed by atoms with Gasteiger partial charge in [0, 0.05) is 48.7 Å². The fraction of sp³-hybridized carbons (Fsp3) is 0.300. The van der Waals surface area contributed by atoms with E-state index in [-0.39, 0.29) is 11.6 Å². The van der Waals surface area contributed by atoms with Crippen LogP contribution in [0.25, 0.3) is 0 Å². The van der Waals surface area contributed by atoms with Gasteiger partial charge in [-0.3, -0.25) is 9.59 Å². The van der Waals surface area contributed by atoms with Crippen LogP contribution in [-0.2, 0) is 0 Å². The van der Waals surface area contributed by atoms with Gasteiger partial charge in [0.25, 0.3) is 0 Å². The molecule has 0 fully saturated rings. The van der Waals surface area contributed by atoms with Crippen LogP contribution in [0.5, 0.6) is 0 Å². The molecule has 0 spiro atoms. The Labute approximate surface area is 153 Å². The number of ketones is 2. The molecule has 1 aliphatic rings. The van der Waals surface area contributed by atoms with Crippen LogP contribution in [-0.4, -0.2) is 56.7 Å². The third-order valence-corrected chi connectivity index (χ3v) is 4.41. The number of hydrogen-bond acceptors (Lipinski definition) is 6. The van der Waals surface area contributed by atoms with Crippen LogP contribution in [0.4, 0.5) is 11.4 Å². The molecule has 0 bridgehead atoms. The Hall–Kier alpha value is -2.70. The number of nitrogens with one attached hydrogen (secondary N) is 2. The van der Waals surface area contributed by atoms with Gasteiger partial charge in [-0.15, -0.1) is 0 Å². The minimum absolute atomic E-state index is 0.126. The zero-order valence-electron chi connectivity index (χ0n) is 15.1. The summed E-state index contributed by atoms with van der Waals surface area (Å²) in [7, 11) is 3.98. The molecular formula is C20H24N4O2. The first-order valence-electron chi connectivity index (χ1n) is 8.72. The lowest BCUT2D eigenvalue weighted by Gasteiger charge is -2.23. The summed E-state index contributed by atoms with van der Waals surface area (Å²) in [6.45, 7) is 2.50. The predicted octanol–water partition coefficient (Wildman–Crippen LogP) is 1.81. The minimum Gasteiger partial charge on any atom is -0.383 e. The van der Waals surface area contributed by atoms with Crippen LogP contribution < -0.4 is 16.4 Å². The maximum atomic E-state index is 13.1. The minimum atomic E-state index is -0.133. The van der Waals surface area contributed by atoms with Gasteiger partial charge in [0.2, 0.25) is 0 Å². The van der Waals surface area contributed by atoms with E-state index in [4.69, 9.17) is 5.73 Å². The number of carbonyl (C=O) groups excluding carboxylic acids is 2. The summed E-state index contributed by atoms with van der Waals surface area (Å²) in [5, 5.41) is 6.43. The lowest BCUT2D eigenvalue weighted by atomic mass is 9.82. The Kier molecular flexibility index (Phi) is 5.35. The molecule has 0 unspecified atom stereocenters. The normalized spacial score (nSPS) is 12.8. The van der Waals surface area contributed by atoms with E-state index in [1.165, 1.54) is 0 Å². The third kappa shape index (κ3) is 3.34. The molecule has 0 aliphatic heterocycles. The van der Waals surface area contributed by atoms with Crippen molar-refractivity contribution in [1.29, 1.82) is 0 Å². The number of fused-ring (bicyclic) bond motifs is 2. The van der Waals surface area contributed by atoms with Crippen molar-refractivity contribution in [2.24, 2.45) is 5.73 Å². The van der Waals surface area contributed by atoms with Crippen LogP contribution in [0.2, 0.25) is 0 Å². The standard InChI is InChI=1S/C20H24N4O2/c1-24(2)12-11-23-16-8-4-6-14-18(16)20(26)13-5-3-7-15(22-10-9-21)17(13)19(14)25/h3-8,22-23H,9-12,21H2,1-2H3. The van der Waals surface area contributed by atoms with Gasteiger partial charge in [-0.05, 0) is 26.2 Å². The van der Waals surface area contributed by atoms with E-state index in [1.54, 1.807) is 18.2 Å². The Morgan fingerprint density at radius 1 is 0.846 bits per heavy atom. The Balaban J connectivity index is 2.01. The highest BCUT2D eigenvalue weighted by molar-refractivity contribution is 6.31. The molecule has 26 heavy (non-hydrogen) atoms. The molecule has 0 heterocycles. The van der Waals surface area contributed by atoms with Crippen LogP contribution in [0, 0.1) is 0 Å². The Morgan fingerprint density at radius 3 is 1.81 bits per heavy atom. The van der Waals surface area contributed by atoms with Crippen molar-refractivity contribution in [2.45, 2.75) is 0 Å². The first kappa shape index (κ1) is 18.1. The topological polar surface area (TPSA) is 87.5 Å². The Bertz CT molecular complexity index is 846. The van der Waals surface area contributed by atoms with E-state index < -0.39 is 0 Å². The first-order chi connectivity index (χ1) is 12.5. The number of hydrogen-bond donors (Lipinski definition) is 3. The summed E-state index contributed by atoms with van der Waals surface area (Å²) < 4.78 is 0. The number of nitrogens with zero attached hydrogens (tertiary/aromatic N) is 1. The molecule has 0 radical (unpaired) electrons. The summed E-state index contributed by atoms with van der Waals surface area (Å²) in [6.07, 6.45) is 0. The highest BCUT2D eigenvalue weighted by Gasteiger charge is 2.33. The maximum absolute atomic E-state index is 13.1. The van der Waals surface area contributed by atoms with Crippen molar-refractivity contribution < 1.29 is 9.59 Å². The molecule has 4 N–H and O–H groups in total. The number of benzene rings is 2. The van der Waals surface area contributed by atoms with Crippen molar-refractivity contribution in [2.75, 3.05) is 50.9 Å². The van der Waals surface area contributed by atoms with Gasteiger partial charge in [0.1, 0.15) is 0 Å². The molecule has 6 nitrogen and oxygen atoms in total. The molecule has 0 atom stereocenters. The number of likely N-dealkylation sites (N-methyl/N-ethyl adjacent to an activating group) is 1. The average molecular weight is 352 g/mol. The molecule has 0 saturated carbocycles. The van der Waals surface area contributed by atoms with Crippen LogP contribution >= 0.6 is 0 Å². The summed E-state index contributed by atoms with van der Waals surface area (Å²) >= 11 is 0. The van der Waals surface area contributed by atoms with Crippen LogP contribution in [0.15, 0.2) is 36.4 Å².